The molecule has 1 saturated carbocycles. The van der Waals surface area contributed by atoms with Crippen molar-refractivity contribution >= 4 is 16.6 Å². The Kier molecular flexibility index (Phi) is 4.21. The van der Waals surface area contributed by atoms with Gasteiger partial charge in [-0.15, -0.1) is 10.2 Å². The molecule has 3 aliphatic rings. The summed E-state index contributed by atoms with van der Waals surface area (Å²) in [4.78, 5) is 7.39. The summed E-state index contributed by atoms with van der Waals surface area (Å²) in [5.41, 5.74) is -4.48. The maximum Gasteiger partial charge on any atom is 0.418 e. The van der Waals surface area contributed by atoms with Crippen LogP contribution < -0.4 is 4.90 Å². The molecule has 0 N–H and O–H groups in total. The van der Waals surface area contributed by atoms with E-state index in [1.807, 2.05) is 11.9 Å². The van der Waals surface area contributed by atoms with Gasteiger partial charge in [0, 0.05) is 43.4 Å². The number of nitrogens with zero attached hydrogens (tertiary/aromatic N) is 5. The van der Waals surface area contributed by atoms with E-state index in [1.54, 1.807) is 0 Å². The van der Waals surface area contributed by atoms with Crippen LogP contribution in [0, 0.1) is 5.41 Å². The largest absolute Gasteiger partial charge is 0.424 e. The fourth-order valence-corrected chi connectivity index (χ4v) is 5.68. The second kappa shape index (κ2) is 6.61. The lowest BCUT2D eigenvalue weighted by Gasteiger charge is -2.33. The van der Waals surface area contributed by atoms with Crippen LogP contribution in [0.2, 0.25) is 0 Å². The van der Waals surface area contributed by atoms with Gasteiger partial charge in [0.15, 0.2) is 0 Å². The summed E-state index contributed by atoms with van der Waals surface area (Å²) in [6.07, 6.45) is -8.14. The molecular weight excluding hydrogens is 464 g/mol. The highest BCUT2D eigenvalue weighted by Gasteiger charge is 2.86. The first-order chi connectivity index (χ1) is 16.0. The average molecular weight is 483 g/mol. The van der Waals surface area contributed by atoms with Gasteiger partial charge >= 0.3 is 12.4 Å². The number of fused-ring (bicyclic) bond motifs is 2. The van der Waals surface area contributed by atoms with E-state index in [9.17, 15) is 26.3 Å². The van der Waals surface area contributed by atoms with Gasteiger partial charge in [-0.3, -0.25) is 4.98 Å². The Morgan fingerprint density at radius 1 is 1.03 bits per heavy atom. The Labute approximate surface area is 189 Å². The lowest BCUT2D eigenvalue weighted by molar-refractivity contribution is -0.187. The van der Waals surface area contributed by atoms with E-state index < -0.39 is 35.3 Å². The molecule has 3 fully saturated rings. The quantitative estimate of drug-likeness (QED) is 0.516. The van der Waals surface area contributed by atoms with E-state index in [2.05, 4.69) is 15.2 Å². The summed E-state index contributed by atoms with van der Waals surface area (Å²) in [5.74, 6) is 0.267. The maximum atomic E-state index is 14.4. The first-order valence-corrected chi connectivity index (χ1v) is 10.7. The van der Waals surface area contributed by atoms with Crippen molar-refractivity contribution in [3.63, 3.8) is 0 Å². The standard InChI is InChI=1S/C22H19F6N5O/c1-32-7-12(8-32)17-30-31-18(34-17)19-9-20(19,22(26,27)28)11-33(10-19)15-5-4-14(21(23,24)25)16-13(15)3-2-6-29-16/h2-6,12H,7-11H2,1H3/t19-,20-/m0/s1. The van der Waals surface area contributed by atoms with Gasteiger partial charge in [0.2, 0.25) is 11.8 Å². The predicted molar refractivity (Wildman–Crippen MR) is 108 cm³/mol. The number of hydrogen-bond donors (Lipinski definition) is 0. The first-order valence-electron chi connectivity index (χ1n) is 10.7. The minimum Gasteiger partial charge on any atom is -0.424 e. The van der Waals surface area contributed by atoms with Gasteiger partial charge < -0.3 is 14.2 Å². The summed E-state index contributed by atoms with van der Waals surface area (Å²) in [6, 6.07) is 5.01. The molecule has 180 valence electrons. The molecule has 2 atom stereocenters. The second-order valence-corrected chi connectivity index (χ2v) is 9.59. The predicted octanol–water partition coefficient (Wildman–Crippen LogP) is 4.38. The molecule has 0 radical (unpaired) electrons. The first kappa shape index (κ1) is 21.6. The summed E-state index contributed by atoms with van der Waals surface area (Å²) < 4.78 is 89.3. The van der Waals surface area contributed by atoms with Crippen LogP contribution in [-0.2, 0) is 11.6 Å². The van der Waals surface area contributed by atoms with Crippen molar-refractivity contribution in [2.45, 2.75) is 30.1 Å². The highest BCUT2D eigenvalue weighted by Crippen LogP contribution is 2.75. The molecular formula is C22H19F6N5O. The Morgan fingerprint density at radius 3 is 2.47 bits per heavy atom. The number of aromatic nitrogens is 3. The van der Waals surface area contributed by atoms with E-state index in [0.717, 1.165) is 6.07 Å². The van der Waals surface area contributed by atoms with Crippen molar-refractivity contribution in [3.8, 4) is 0 Å². The van der Waals surface area contributed by atoms with Gasteiger partial charge in [0.05, 0.1) is 22.4 Å². The van der Waals surface area contributed by atoms with Crippen molar-refractivity contribution in [1.29, 1.82) is 0 Å². The number of likely N-dealkylation sites (N-methyl/N-ethyl adjacent to an activating group) is 1. The van der Waals surface area contributed by atoms with Gasteiger partial charge in [-0.05, 0) is 37.7 Å². The third-order valence-electron chi connectivity index (χ3n) is 7.51. The molecule has 0 amide bonds. The lowest BCUT2D eigenvalue weighted by atomic mass is 9.95. The molecule has 12 heteroatoms. The van der Waals surface area contributed by atoms with Crippen LogP contribution in [0.5, 0.6) is 0 Å². The summed E-state index contributed by atoms with van der Waals surface area (Å²) >= 11 is 0. The maximum absolute atomic E-state index is 14.4. The number of halogens is 6. The fraction of sp³-hybridized carbons (Fsp3) is 0.500. The molecule has 2 saturated heterocycles. The zero-order valence-electron chi connectivity index (χ0n) is 17.9. The number of rotatable bonds is 3. The zero-order valence-corrected chi connectivity index (χ0v) is 17.9. The second-order valence-electron chi connectivity index (χ2n) is 9.59. The Morgan fingerprint density at radius 2 is 1.79 bits per heavy atom. The zero-order chi connectivity index (χ0) is 24.1. The SMILES string of the molecule is CN1CC(c2nnc([C@]34CN(c5ccc(C(F)(F)F)c6ncccc56)C[C@@]3(C(F)(F)F)C4)o2)C1. The van der Waals surface area contributed by atoms with Crippen LogP contribution in [0.3, 0.4) is 0 Å². The number of benzene rings is 1. The smallest absolute Gasteiger partial charge is 0.418 e. The molecule has 0 unspecified atom stereocenters. The topological polar surface area (TPSA) is 58.3 Å². The fourth-order valence-electron chi connectivity index (χ4n) is 5.68. The van der Waals surface area contributed by atoms with Crippen LogP contribution in [0.1, 0.15) is 29.7 Å². The van der Waals surface area contributed by atoms with Crippen molar-refractivity contribution < 1.29 is 30.8 Å². The molecule has 3 aromatic rings. The van der Waals surface area contributed by atoms with Gasteiger partial charge in [0.25, 0.3) is 0 Å². The van der Waals surface area contributed by atoms with Crippen molar-refractivity contribution in [1.82, 2.24) is 20.1 Å². The minimum atomic E-state index is -4.64. The molecule has 1 aliphatic carbocycles. The summed E-state index contributed by atoms with van der Waals surface area (Å²) in [6.45, 7) is 0.884. The molecule has 4 heterocycles. The Hall–Kier alpha value is -2.89. The van der Waals surface area contributed by atoms with Gasteiger partial charge in [-0.25, -0.2) is 0 Å². The number of hydrogen-bond acceptors (Lipinski definition) is 6. The van der Waals surface area contributed by atoms with Crippen LogP contribution in [0.25, 0.3) is 10.9 Å². The van der Waals surface area contributed by atoms with Crippen molar-refractivity contribution in [2.24, 2.45) is 5.41 Å². The van der Waals surface area contributed by atoms with Gasteiger partial charge in [0.1, 0.15) is 5.41 Å². The Balaban J connectivity index is 1.41. The van der Waals surface area contributed by atoms with Crippen molar-refractivity contribution in [2.75, 3.05) is 38.1 Å². The minimum absolute atomic E-state index is 0.0101. The number of anilines is 1. The monoisotopic (exact) mass is 483 g/mol. The van der Waals surface area contributed by atoms with E-state index in [1.165, 1.54) is 29.3 Å². The molecule has 0 spiro atoms. The van der Waals surface area contributed by atoms with Crippen LogP contribution in [0.4, 0.5) is 32.0 Å². The van der Waals surface area contributed by atoms with Crippen molar-refractivity contribution in [3.05, 3.63) is 47.8 Å². The lowest BCUT2D eigenvalue weighted by Crippen LogP contribution is -2.41. The number of pyridine rings is 1. The van der Waals surface area contributed by atoms with Crippen LogP contribution >= 0.6 is 0 Å². The van der Waals surface area contributed by atoms with E-state index in [-0.39, 0.29) is 41.4 Å². The van der Waals surface area contributed by atoms with E-state index in [4.69, 9.17) is 4.42 Å². The third kappa shape index (κ3) is 2.83. The normalized spacial score (nSPS) is 27.8. The van der Waals surface area contributed by atoms with Crippen LogP contribution in [-0.4, -0.2) is 59.5 Å². The number of alkyl halides is 6. The highest BCUT2D eigenvalue weighted by molar-refractivity contribution is 5.94. The number of piperidine rings is 1. The molecule has 0 bridgehead atoms. The molecule has 34 heavy (non-hydrogen) atoms. The average Bonchev–Trinajstić information content (AvgIpc) is 3.07. The molecule has 6 nitrogen and oxygen atoms in total. The molecule has 2 aromatic heterocycles. The summed E-state index contributed by atoms with van der Waals surface area (Å²) in [5, 5.41) is 8.18. The third-order valence-corrected chi connectivity index (χ3v) is 7.51. The molecule has 2 aliphatic heterocycles. The van der Waals surface area contributed by atoms with E-state index in [0.29, 0.717) is 19.0 Å². The molecule has 6 rings (SSSR count). The van der Waals surface area contributed by atoms with E-state index >= 15 is 0 Å². The Bertz CT molecular complexity index is 1280. The van der Waals surface area contributed by atoms with Crippen LogP contribution in [0.15, 0.2) is 34.9 Å². The van der Waals surface area contributed by atoms with Gasteiger partial charge in [-0.2, -0.15) is 26.3 Å². The highest BCUT2D eigenvalue weighted by atomic mass is 19.4. The molecule has 1 aromatic carbocycles. The van der Waals surface area contributed by atoms with Gasteiger partial charge in [-0.1, -0.05) is 0 Å². The number of likely N-dealkylation sites (tertiary alicyclic amines) is 1. The summed E-state index contributed by atoms with van der Waals surface area (Å²) in [7, 11) is 1.92.